The van der Waals surface area contributed by atoms with Crippen molar-refractivity contribution in [3.8, 4) is 11.5 Å². The lowest BCUT2D eigenvalue weighted by atomic mass is 10.2. The molecule has 2 aromatic rings. The number of anilines is 1. The number of ether oxygens (including phenoxy) is 2. The van der Waals surface area contributed by atoms with Gasteiger partial charge in [0.1, 0.15) is 0 Å². The van der Waals surface area contributed by atoms with Crippen molar-refractivity contribution in [2.75, 3.05) is 32.1 Å². The molecule has 0 fully saturated rings. The number of nitrogens with zero attached hydrogens (tertiary/aromatic N) is 1. The molecule has 0 atom stereocenters. The molecule has 1 amide bonds. The van der Waals surface area contributed by atoms with Crippen LogP contribution in [0.5, 0.6) is 11.5 Å². The highest BCUT2D eigenvalue weighted by Crippen LogP contribution is 2.31. The molecule has 0 heterocycles. The Labute approximate surface area is 176 Å². The van der Waals surface area contributed by atoms with Gasteiger partial charge < -0.3 is 14.8 Å². The van der Waals surface area contributed by atoms with Crippen LogP contribution < -0.4 is 14.8 Å². The molecule has 0 unspecified atom stereocenters. The number of sulfonamides is 1. The van der Waals surface area contributed by atoms with Crippen LogP contribution in [-0.4, -0.2) is 45.4 Å². The van der Waals surface area contributed by atoms with Gasteiger partial charge in [0.15, 0.2) is 11.5 Å². The largest absolute Gasteiger partial charge is 0.493 e. The second-order valence-electron chi connectivity index (χ2n) is 5.98. The van der Waals surface area contributed by atoms with Gasteiger partial charge in [-0.2, -0.15) is 4.31 Å². The van der Waals surface area contributed by atoms with E-state index in [1.807, 2.05) is 6.92 Å². The standard InChI is InChI=1S/C20H25ClN2O5S/c1-5-23(6-2)29(25,26)15-9-10-17(21)16(13-15)20(24)22-14-8-11-18(28-7-3)19(12-14)27-4/h8-13H,5-7H2,1-4H3,(H,22,24). The molecule has 158 valence electrons. The molecule has 0 saturated carbocycles. The Morgan fingerprint density at radius 3 is 2.34 bits per heavy atom. The van der Waals surface area contributed by atoms with Gasteiger partial charge in [-0.1, -0.05) is 25.4 Å². The predicted molar refractivity (Wildman–Crippen MR) is 114 cm³/mol. The van der Waals surface area contributed by atoms with Crippen molar-refractivity contribution < 1.29 is 22.7 Å². The highest BCUT2D eigenvalue weighted by molar-refractivity contribution is 7.89. The van der Waals surface area contributed by atoms with Gasteiger partial charge in [-0.25, -0.2) is 8.42 Å². The van der Waals surface area contributed by atoms with Crippen molar-refractivity contribution >= 4 is 33.2 Å². The summed E-state index contributed by atoms with van der Waals surface area (Å²) in [6, 6.07) is 9.05. The number of amides is 1. The molecule has 0 aromatic heterocycles. The molecule has 0 aliphatic carbocycles. The Balaban J connectivity index is 2.34. The summed E-state index contributed by atoms with van der Waals surface area (Å²) in [5, 5.41) is 2.86. The van der Waals surface area contributed by atoms with E-state index in [9.17, 15) is 13.2 Å². The van der Waals surface area contributed by atoms with Crippen LogP contribution in [0.15, 0.2) is 41.3 Å². The Kier molecular flexibility index (Phi) is 7.89. The van der Waals surface area contributed by atoms with Crippen molar-refractivity contribution in [3.63, 3.8) is 0 Å². The number of carbonyl (C=O) groups excluding carboxylic acids is 1. The lowest BCUT2D eigenvalue weighted by Crippen LogP contribution is -2.30. The van der Waals surface area contributed by atoms with Crippen LogP contribution in [0.4, 0.5) is 5.69 Å². The van der Waals surface area contributed by atoms with Crippen LogP contribution in [0.2, 0.25) is 5.02 Å². The number of hydrogen-bond donors (Lipinski definition) is 1. The average Bonchev–Trinajstić information content (AvgIpc) is 2.70. The molecule has 0 bridgehead atoms. The molecular weight excluding hydrogens is 416 g/mol. The molecule has 2 aromatic carbocycles. The van der Waals surface area contributed by atoms with Gasteiger partial charge in [0.05, 0.1) is 29.2 Å². The van der Waals surface area contributed by atoms with E-state index in [0.717, 1.165) is 0 Å². The first-order valence-corrected chi connectivity index (χ1v) is 11.0. The summed E-state index contributed by atoms with van der Waals surface area (Å²) in [6.45, 7) is 6.50. The third kappa shape index (κ3) is 5.20. The molecular formula is C20H25ClN2O5S. The normalized spacial score (nSPS) is 11.4. The maximum atomic E-state index is 12.8. The molecule has 0 radical (unpaired) electrons. The van der Waals surface area contributed by atoms with Gasteiger partial charge >= 0.3 is 0 Å². The maximum absolute atomic E-state index is 12.8. The lowest BCUT2D eigenvalue weighted by molar-refractivity contribution is 0.102. The fourth-order valence-corrected chi connectivity index (χ4v) is 4.46. The van der Waals surface area contributed by atoms with Crippen LogP contribution in [0.1, 0.15) is 31.1 Å². The minimum atomic E-state index is -3.71. The Hall–Kier alpha value is -2.29. The number of halogens is 1. The zero-order valence-electron chi connectivity index (χ0n) is 16.9. The van der Waals surface area contributed by atoms with Crippen LogP contribution >= 0.6 is 11.6 Å². The summed E-state index contributed by atoms with van der Waals surface area (Å²) in [5.74, 6) is 0.491. The minimum absolute atomic E-state index is 0.0139. The highest BCUT2D eigenvalue weighted by Gasteiger charge is 2.24. The van der Waals surface area contributed by atoms with Crippen LogP contribution in [-0.2, 0) is 10.0 Å². The van der Waals surface area contributed by atoms with E-state index in [1.54, 1.807) is 32.0 Å². The van der Waals surface area contributed by atoms with Crippen LogP contribution in [0.3, 0.4) is 0 Å². The quantitative estimate of drug-likeness (QED) is 0.636. The summed E-state index contributed by atoms with van der Waals surface area (Å²) in [5.41, 5.74) is 0.524. The maximum Gasteiger partial charge on any atom is 0.257 e. The van der Waals surface area contributed by atoms with E-state index in [1.165, 1.54) is 29.6 Å². The summed E-state index contributed by atoms with van der Waals surface area (Å²) in [6.07, 6.45) is 0. The molecule has 7 nitrogen and oxygen atoms in total. The van der Waals surface area contributed by atoms with Gasteiger partial charge in [-0.15, -0.1) is 0 Å². The fraction of sp³-hybridized carbons (Fsp3) is 0.350. The third-order valence-electron chi connectivity index (χ3n) is 4.25. The molecule has 0 aliphatic heterocycles. The first-order valence-electron chi connectivity index (χ1n) is 9.20. The topological polar surface area (TPSA) is 84.9 Å². The molecule has 29 heavy (non-hydrogen) atoms. The Morgan fingerprint density at radius 2 is 1.76 bits per heavy atom. The number of carbonyl (C=O) groups is 1. The van der Waals surface area contributed by atoms with Crippen molar-refractivity contribution in [3.05, 3.63) is 47.0 Å². The van der Waals surface area contributed by atoms with E-state index in [4.69, 9.17) is 21.1 Å². The van der Waals surface area contributed by atoms with Gasteiger partial charge in [0, 0.05) is 24.8 Å². The van der Waals surface area contributed by atoms with Gasteiger partial charge in [0.2, 0.25) is 10.0 Å². The zero-order valence-corrected chi connectivity index (χ0v) is 18.4. The Bertz CT molecular complexity index is 975. The second-order valence-corrected chi connectivity index (χ2v) is 8.33. The predicted octanol–water partition coefficient (Wildman–Crippen LogP) is 4.03. The van der Waals surface area contributed by atoms with Gasteiger partial charge in [0.25, 0.3) is 5.91 Å². The lowest BCUT2D eigenvalue weighted by Gasteiger charge is -2.19. The molecule has 0 spiro atoms. The van der Waals surface area contributed by atoms with Gasteiger partial charge in [-0.3, -0.25) is 4.79 Å². The van der Waals surface area contributed by atoms with Crippen molar-refractivity contribution in [1.82, 2.24) is 4.31 Å². The first kappa shape index (κ1) is 23.0. The smallest absolute Gasteiger partial charge is 0.257 e. The Morgan fingerprint density at radius 1 is 1.07 bits per heavy atom. The van der Waals surface area contributed by atoms with E-state index in [-0.39, 0.29) is 15.5 Å². The van der Waals surface area contributed by atoms with E-state index >= 15 is 0 Å². The van der Waals surface area contributed by atoms with Crippen molar-refractivity contribution in [1.29, 1.82) is 0 Å². The van der Waals surface area contributed by atoms with E-state index in [0.29, 0.717) is 36.9 Å². The average molecular weight is 441 g/mol. The fourth-order valence-electron chi connectivity index (χ4n) is 2.77. The number of hydrogen-bond acceptors (Lipinski definition) is 5. The molecule has 9 heteroatoms. The second kappa shape index (κ2) is 9.96. The molecule has 1 N–H and O–H groups in total. The third-order valence-corrected chi connectivity index (χ3v) is 6.62. The minimum Gasteiger partial charge on any atom is -0.493 e. The van der Waals surface area contributed by atoms with Crippen molar-refractivity contribution in [2.24, 2.45) is 0 Å². The monoisotopic (exact) mass is 440 g/mol. The number of nitrogens with one attached hydrogen (secondary N) is 1. The van der Waals surface area contributed by atoms with Crippen LogP contribution in [0, 0.1) is 0 Å². The molecule has 0 aliphatic rings. The van der Waals surface area contributed by atoms with Crippen LogP contribution in [0.25, 0.3) is 0 Å². The first-order chi connectivity index (χ1) is 13.8. The van der Waals surface area contributed by atoms with E-state index < -0.39 is 15.9 Å². The van der Waals surface area contributed by atoms with E-state index in [2.05, 4.69) is 5.32 Å². The molecule has 2 rings (SSSR count). The summed E-state index contributed by atoms with van der Waals surface area (Å²) in [4.78, 5) is 12.8. The molecule has 0 saturated heterocycles. The number of benzene rings is 2. The summed E-state index contributed by atoms with van der Waals surface area (Å²) in [7, 11) is -2.21. The van der Waals surface area contributed by atoms with Crippen molar-refractivity contribution in [2.45, 2.75) is 25.7 Å². The summed E-state index contributed by atoms with van der Waals surface area (Å²) >= 11 is 6.17. The van der Waals surface area contributed by atoms with Gasteiger partial charge in [-0.05, 0) is 37.3 Å². The zero-order chi connectivity index (χ0) is 21.6. The SMILES string of the molecule is CCOc1ccc(NC(=O)c2cc(S(=O)(=O)N(CC)CC)ccc2Cl)cc1OC. The number of methoxy groups -OCH3 is 1. The number of rotatable bonds is 9. The summed E-state index contributed by atoms with van der Waals surface area (Å²) < 4.78 is 37.5. The highest BCUT2D eigenvalue weighted by atomic mass is 35.5.